The molecule has 0 fully saturated rings. The van der Waals surface area contributed by atoms with E-state index in [-0.39, 0.29) is 0 Å². The lowest BCUT2D eigenvalue weighted by molar-refractivity contribution is 1.78. The minimum atomic E-state index is -0.963. The van der Waals surface area contributed by atoms with Crippen molar-refractivity contribution in [2.24, 2.45) is 0 Å². The zero-order valence-corrected chi connectivity index (χ0v) is 6.23. The second-order valence-electron chi connectivity index (χ2n) is 2.73. The van der Waals surface area contributed by atoms with Gasteiger partial charge in [-0.25, -0.2) is 0 Å². The zero-order valence-electron chi connectivity index (χ0n) is 5.23. The molecule has 0 aromatic heterocycles. The van der Waals surface area contributed by atoms with Crippen molar-refractivity contribution in [1.82, 2.24) is 0 Å². The molecule has 0 aliphatic carbocycles. The van der Waals surface area contributed by atoms with Gasteiger partial charge in [0, 0.05) is 0 Å². The molecule has 0 saturated heterocycles. The van der Waals surface area contributed by atoms with Gasteiger partial charge >= 0.3 is 0 Å². The Labute approximate surface area is 48.0 Å². The molecule has 0 spiro atoms. The molecule has 0 unspecified atom stereocenters. The molecule has 0 saturated carbocycles. The first kappa shape index (κ1) is 7.02. The Hall–Kier alpha value is 0.0218. The molecular weight excluding hydrogens is 99.0 g/mol. The Bertz CT molecular complexity index is 70.6. The summed E-state index contributed by atoms with van der Waals surface area (Å²) in [4.78, 5) is 0. The fourth-order valence-corrected chi connectivity index (χ4v) is 0.866. The van der Waals surface area contributed by atoms with Gasteiger partial charge in [0.25, 0.3) is 0 Å². The third-order valence-electron chi connectivity index (χ3n) is 0.596. The predicted octanol–water partition coefficient (Wildman–Crippen LogP) is 1.55. The third-order valence-corrected chi connectivity index (χ3v) is 1.79. The number of hydrogen-bond donors (Lipinski definition) is 0. The fraction of sp³-hybridized carbons (Fsp3) is 0.600. The fourth-order valence-electron chi connectivity index (χ4n) is 0.289. The average molecular weight is 110 g/mol. The monoisotopic (exact) mass is 110 g/mol. The molecule has 7 heavy (non-hydrogen) atoms. The summed E-state index contributed by atoms with van der Waals surface area (Å²) in [6.45, 7) is 6.74. The van der Waals surface area contributed by atoms with Crippen molar-refractivity contribution in [3.05, 3.63) is 11.7 Å². The SMILES string of the molecule is [B]C=C[Si](C)(C)C. The van der Waals surface area contributed by atoms with Gasteiger partial charge < -0.3 is 0 Å². The van der Waals surface area contributed by atoms with Gasteiger partial charge in [-0.15, -0.1) is 11.7 Å². The van der Waals surface area contributed by atoms with E-state index in [1.54, 1.807) is 5.98 Å². The molecule has 38 valence electrons. The van der Waals surface area contributed by atoms with E-state index in [1.807, 2.05) is 0 Å². The molecule has 2 heteroatoms. The van der Waals surface area contributed by atoms with Crippen LogP contribution in [-0.4, -0.2) is 15.9 Å². The van der Waals surface area contributed by atoms with E-state index < -0.39 is 8.07 Å². The lowest BCUT2D eigenvalue weighted by Gasteiger charge is -2.06. The van der Waals surface area contributed by atoms with Crippen LogP contribution < -0.4 is 0 Å². The maximum Gasteiger partial charge on any atom is 0.101 e. The molecule has 0 amide bonds. The summed E-state index contributed by atoms with van der Waals surface area (Å²) in [6, 6.07) is 0. The Kier molecular flexibility index (Phi) is 2.37. The van der Waals surface area contributed by atoms with E-state index in [2.05, 4.69) is 25.3 Å². The molecule has 0 N–H and O–H groups in total. The van der Waals surface area contributed by atoms with Gasteiger partial charge in [0.15, 0.2) is 0 Å². The van der Waals surface area contributed by atoms with E-state index in [0.717, 1.165) is 0 Å². The smallest absolute Gasteiger partial charge is 0.101 e. The van der Waals surface area contributed by atoms with Crippen LogP contribution in [-0.2, 0) is 0 Å². The van der Waals surface area contributed by atoms with Gasteiger partial charge in [-0.3, -0.25) is 0 Å². The first-order valence-corrected chi connectivity index (χ1v) is 6.03. The van der Waals surface area contributed by atoms with Crippen LogP contribution in [0.15, 0.2) is 11.7 Å². The zero-order chi connectivity index (χ0) is 5.91. The van der Waals surface area contributed by atoms with Gasteiger partial charge in [-0.1, -0.05) is 19.6 Å². The molecule has 2 radical (unpaired) electrons. The molecule has 0 atom stereocenters. The van der Waals surface area contributed by atoms with Crippen LogP contribution >= 0.6 is 0 Å². The number of hydrogen-bond acceptors (Lipinski definition) is 0. The van der Waals surface area contributed by atoms with Gasteiger partial charge in [0.1, 0.15) is 7.85 Å². The molecule has 0 aromatic carbocycles. The third kappa shape index (κ3) is 6.02. The first-order valence-electron chi connectivity index (χ1n) is 2.46. The maximum atomic E-state index is 5.17. The highest BCUT2D eigenvalue weighted by Crippen LogP contribution is 1.99. The summed E-state index contributed by atoms with van der Waals surface area (Å²) in [7, 11) is 4.21. The lowest BCUT2D eigenvalue weighted by Crippen LogP contribution is -2.15. The summed E-state index contributed by atoms with van der Waals surface area (Å²) in [5, 5.41) is 0. The summed E-state index contributed by atoms with van der Waals surface area (Å²) >= 11 is 0. The average Bonchev–Trinajstić information content (AvgIpc) is 1.30. The maximum absolute atomic E-state index is 5.17. The van der Waals surface area contributed by atoms with Crippen LogP contribution in [0.1, 0.15) is 0 Å². The standard InChI is InChI=1S/C5H11BSi/c1-7(2,3)5-4-6/h4-5H,1-3H3. The van der Waals surface area contributed by atoms with Gasteiger partial charge in [-0.05, 0) is 0 Å². The predicted molar refractivity (Wildman–Crippen MR) is 38.2 cm³/mol. The van der Waals surface area contributed by atoms with Crippen LogP contribution in [0.25, 0.3) is 0 Å². The molecule has 0 nitrogen and oxygen atoms in total. The van der Waals surface area contributed by atoms with E-state index in [1.165, 1.54) is 0 Å². The van der Waals surface area contributed by atoms with Crippen molar-refractivity contribution < 1.29 is 0 Å². The van der Waals surface area contributed by atoms with Crippen LogP contribution in [0.4, 0.5) is 0 Å². The summed E-state index contributed by atoms with van der Waals surface area (Å²) in [6.07, 6.45) is 0. The molecule has 0 aliphatic rings. The van der Waals surface area contributed by atoms with Crippen LogP contribution in [0, 0.1) is 0 Å². The van der Waals surface area contributed by atoms with E-state index in [0.29, 0.717) is 0 Å². The molecule has 0 aromatic rings. The molecule has 0 rings (SSSR count). The Morgan fingerprint density at radius 1 is 1.29 bits per heavy atom. The minimum absolute atomic E-state index is 0.963. The normalized spacial score (nSPS) is 13.0. The first-order chi connectivity index (χ1) is 3.06. The lowest BCUT2D eigenvalue weighted by atomic mass is 10.2. The quantitative estimate of drug-likeness (QED) is 0.449. The molecule has 0 bridgehead atoms. The van der Waals surface area contributed by atoms with E-state index in [4.69, 9.17) is 7.85 Å². The van der Waals surface area contributed by atoms with Crippen LogP contribution in [0.2, 0.25) is 19.6 Å². The number of rotatable bonds is 1. The van der Waals surface area contributed by atoms with Gasteiger partial charge in [0.2, 0.25) is 0 Å². The Morgan fingerprint density at radius 3 is 1.71 bits per heavy atom. The van der Waals surface area contributed by atoms with Crippen molar-refractivity contribution in [3.8, 4) is 0 Å². The largest absolute Gasteiger partial charge is 0.139 e. The highest BCUT2D eigenvalue weighted by molar-refractivity contribution is 6.81. The topological polar surface area (TPSA) is 0 Å². The summed E-state index contributed by atoms with van der Waals surface area (Å²) in [5.41, 5.74) is 2.10. The van der Waals surface area contributed by atoms with Crippen molar-refractivity contribution in [1.29, 1.82) is 0 Å². The molecular formula is C5H11BSi. The van der Waals surface area contributed by atoms with Gasteiger partial charge in [-0.2, -0.15) is 0 Å². The highest BCUT2D eigenvalue weighted by Gasteiger charge is 2.04. The minimum Gasteiger partial charge on any atom is -0.139 e. The Morgan fingerprint density at radius 2 is 1.71 bits per heavy atom. The van der Waals surface area contributed by atoms with Crippen molar-refractivity contribution >= 4 is 15.9 Å². The van der Waals surface area contributed by atoms with E-state index >= 15 is 0 Å². The molecule has 0 heterocycles. The van der Waals surface area contributed by atoms with E-state index in [9.17, 15) is 0 Å². The summed E-state index contributed by atoms with van der Waals surface area (Å²) in [5.74, 6) is 1.65. The van der Waals surface area contributed by atoms with Crippen LogP contribution in [0.3, 0.4) is 0 Å². The van der Waals surface area contributed by atoms with Crippen molar-refractivity contribution in [2.75, 3.05) is 0 Å². The van der Waals surface area contributed by atoms with Crippen LogP contribution in [0.5, 0.6) is 0 Å². The second kappa shape index (κ2) is 2.36. The Balaban J connectivity index is 3.56. The van der Waals surface area contributed by atoms with Crippen molar-refractivity contribution in [2.45, 2.75) is 19.6 Å². The van der Waals surface area contributed by atoms with Crippen molar-refractivity contribution in [3.63, 3.8) is 0 Å². The van der Waals surface area contributed by atoms with Gasteiger partial charge in [0.05, 0.1) is 8.07 Å². The molecule has 0 aliphatic heterocycles. The second-order valence-corrected chi connectivity index (χ2v) is 7.79. The highest BCUT2D eigenvalue weighted by atomic mass is 28.3. The summed E-state index contributed by atoms with van der Waals surface area (Å²) < 4.78 is 0.